The Morgan fingerprint density at radius 2 is 2.00 bits per heavy atom. The molecule has 0 aromatic rings. The van der Waals surface area contributed by atoms with Gasteiger partial charge in [-0.1, -0.05) is 20.8 Å². The highest BCUT2D eigenvalue weighted by molar-refractivity contribution is 4.95. The lowest BCUT2D eigenvalue weighted by Crippen LogP contribution is -2.40. The van der Waals surface area contributed by atoms with Gasteiger partial charge >= 0.3 is 0 Å². The van der Waals surface area contributed by atoms with Gasteiger partial charge < -0.3 is 5.32 Å². The van der Waals surface area contributed by atoms with Gasteiger partial charge in [0.05, 0.1) is 0 Å². The third kappa shape index (κ3) is 3.24. The van der Waals surface area contributed by atoms with Crippen LogP contribution in [0.4, 0.5) is 0 Å². The van der Waals surface area contributed by atoms with Gasteiger partial charge in [-0.2, -0.15) is 0 Å². The topological polar surface area (TPSA) is 12.0 Å². The first-order chi connectivity index (χ1) is 6.99. The Morgan fingerprint density at radius 3 is 2.47 bits per heavy atom. The van der Waals surface area contributed by atoms with Crippen molar-refractivity contribution in [2.24, 2.45) is 17.3 Å². The Kier molecular flexibility index (Phi) is 4.22. The maximum atomic E-state index is 5.48. The fourth-order valence-electron chi connectivity index (χ4n) is 3.04. The molecule has 1 fully saturated rings. The zero-order valence-corrected chi connectivity index (χ0v) is 10.6. The van der Waals surface area contributed by atoms with Gasteiger partial charge in [0, 0.05) is 12.5 Å². The second-order valence-electron chi connectivity index (χ2n) is 5.94. The van der Waals surface area contributed by atoms with Gasteiger partial charge in [0.2, 0.25) is 0 Å². The van der Waals surface area contributed by atoms with E-state index in [1.54, 1.807) is 0 Å². The molecule has 1 aliphatic rings. The van der Waals surface area contributed by atoms with Crippen molar-refractivity contribution in [1.82, 2.24) is 5.32 Å². The summed E-state index contributed by atoms with van der Waals surface area (Å²) in [6.45, 7) is 7.04. The Hall–Kier alpha value is -0.480. The first-order valence-corrected chi connectivity index (χ1v) is 6.09. The summed E-state index contributed by atoms with van der Waals surface area (Å²) in [5.74, 6) is 4.36. The standard InChI is InChI=1S/C14H25N/c1-6-7-11-10-12(15-5)8-9-13(11)14(2,3)4/h1,11-13,15H,7-10H2,2-5H3. The lowest BCUT2D eigenvalue weighted by molar-refractivity contribution is 0.0948. The molecule has 0 aromatic carbocycles. The van der Waals surface area contributed by atoms with E-state index in [4.69, 9.17) is 6.42 Å². The van der Waals surface area contributed by atoms with E-state index in [-0.39, 0.29) is 0 Å². The summed E-state index contributed by atoms with van der Waals surface area (Å²) in [5.41, 5.74) is 0.403. The second-order valence-corrected chi connectivity index (χ2v) is 5.94. The Bertz CT molecular complexity index is 231. The monoisotopic (exact) mass is 207 g/mol. The number of terminal acetylenes is 1. The maximum absolute atomic E-state index is 5.48. The SMILES string of the molecule is C#CCC1CC(NC)CCC1C(C)(C)C. The number of hydrogen-bond acceptors (Lipinski definition) is 1. The fraction of sp³-hybridized carbons (Fsp3) is 0.857. The normalized spacial score (nSPS) is 32.3. The lowest BCUT2D eigenvalue weighted by Gasteiger charge is -2.42. The van der Waals surface area contributed by atoms with Crippen molar-refractivity contribution in [2.75, 3.05) is 7.05 Å². The molecule has 0 heterocycles. The van der Waals surface area contributed by atoms with Crippen LogP contribution in [0.1, 0.15) is 46.5 Å². The molecule has 1 heteroatoms. The van der Waals surface area contributed by atoms with Gasteiger partial charge in [-0.3, -0.25) is 0 Å². The molecule has 0 radical (unpaired) electrons. The number of hydrogen-bond donors (Lipinski definition) is 1. The molecule has 1 saturated carbocycles. The minimum Gasteiger partial charge on any atom is -0.317 e. The molecule has 0 spiro atoms. The average molecular weight is 207 g/mol. The summed E-state index contributed by atoms with van der Waals surface area (Å²) in [6, 6.07) is 0.682. The van der Waals surface area contributed by atoms with E-state index in [2.05, 4.69) is 39.1 Å². The van der Waals surface area contributed by atoms with E-state index in [0.29, 0.717) is 17.4 Å². The first-order valence-electron chi connectivity index (χ1n) is 6.09. The van der Waals surface area contributed by atoms with Crippen molar-refractivity contribution in [3.05, 3.63) is 0 Å². The van der Waals surface area contributed by atoms with Gasteiger partial charge in [0.1, 0.15) is 0 Å². The summed E-state index contributed by atoms with van der Waals surface area (Å²) in [4.78, 5) is 0. The van der Waals surface area contributed by atoms with E-state index < -0.39 is 0 Å². The molecule has 1 N–H and O–H groups in total. The summed E-state index contributed by atoms with van der Waals surface area (Å²) in [5, 5.41) is 3.40. The average Bonchev–Trinajstić information content (AvgIpc) is 2.16. The van der Waals surface area contributed by atoms with Crippen molar-refractivity contribution >= 4 is 0 Å². The van der Waals surface area contributed by atoms with Crippen molar-refractivity contribution in [3.63, 3.8) is 0 Å². The van der Waals surface area contributed by atoms with Gasteiger partial charge in [-0.05, 0) is 43.6 Å². The molecular formula is C14H25N. The molecule has 3 unspecified atom stereocenters. The Labute approximate surface area is 95.0 Å². The highest BCUT2D eigenvalue weighted by atomic mass is 14.9. The van der Waals surface area contributed by atoms with Crippen LogP contribution >= 0.6 is 0 Å². The number of rotatable bonds is 2. The van der Waals surface area contributed by atoms with E-state index in [9.17, 15) is 0 Å². The van der Waals surface area contributed by atoms with Gasteiger partial charge in [-0.15, -0.1) is 12.3 Å². The van der Waals surface area contributed by atoms with E-state index in [1.165, 1.54) is 19.3 Å². The molecule has 0 aliphatic heterocycles. The molecule has 0 aromatic heterocycles. The quantitative estimate of drug-likeness (QED) is 0.686. The van der Waals surface area contributed by atoms with Crippen LogP contribution in [0.3, 0.4) is 0 Å². The summed E-state index contributed by atoms with van der Waals surface area (Å²) >= 11 is 0. The zero-order chi connectivity index (χ0) is 11.5. The maximum Gasteiger partial charge on any atom is 0.0118 e. The summed E-state index contributed by atoms with van der Waals surface area (Å²) in [6.07, 6.45) is 10.3. The molecular weight excluding hydrogens is 182 g/mol. The van der Waals surface area contributed by atoms with Crippen molar-refractivity contribution in [2.45, 2.75) is 52.5 Å². The van der Waals surface area contributed by atoms with Crippen LogP contribution in [0.25, 0.3) is 0 Å². The zero-order valence-electron chi connectivity index (χ0n) is 10.6. The molecule has 1 nitrogen and oxygen atoms in total. The summed E-state index contributed by atoms with van der Waals surface area (Å²) < 4.78 is 0. The van der Waals surface area contributed by atoms with Crippen LogP contribution in [-0.4, -0.2) is 13.1 Å². The predicted molar refractivity (Wildman–Crippen MR) is 66.6 cm³/mol. The molecule has 15 heavy (non-hydrogen) atoms. The van der Waals surface area contributed by atoms with Crippen LogP contribution in [-0.2, 0) is 0 Å². The van der Waals surface area contributed by atoms with Crippen LogP contribution < -0.4 is 5.32 Å². The van der Waals surface area contributed by atoms with Gasteiger partial charge in [-0.25, -0.2) is 0 Å². The molecule has 1 aliphatic carbocycles. The molecule has 0 saturated heterocycles. The van der Waals surface area contributed by atoms with Crippen LogP contribution in [0.2, 0.25) is 0 Å². The van der Waals surface area contributed by atoms with Crippen LogP contribution in [0.15, 0.2) is 0 Å². The van der Waals surface area contributed by atoms with Crippen LogP contribution in [0.5, 0.6) is 0 Å². The Balaban J connectivity index is 2.68. The summed E-state index contributed by atoms with van der Waals surface area (Å²) in [7, 11) is 2.06. The molecule has 3 atom stereocenters. The predicted octanol–water partition coefficient (Wildman–Crippen LogP) is 3.06. The van der Waals surface area contributed by atoms with E-state index in [0.717, 1.165) is 12.3 Å². The molecule has 0 bridgehead atoms. The molecule has 1 rings (SSSR count). The third-order valence-corrected chi connectivity index (χ3v) is 3.88. The van der Waals surface area contributed by atoms with E-state index in [1.807, 2.05) is 0 Å². The highest BCUT2D eigenvalue weighted by Gasteiger charge is 2.36. The van der Waals surface area contributed by atoms with E-state index >= 15 is 0 Å². The van der Waals surface area contributed by atoms with Crippen molar-refractivity contribution in [1.29, 1.82) is 0 Å². The minimum absolute atomic E-state index is 0.403. The fourth-order valence-corrected chi connectivity index (χ4v) is 3.04. The highest BCUT2D eigenvalue weighted by Crippen LogP contribution is 2.43. The van der Waals surface area contributed by atoms with Gasteiger partial charge in [0.25, 0.3) is 0 Å². The molecule has 86 valence electrons. The molecule has 0 amide bonds. The minimum atomic E-state index is 0.403. The first kappa shape index (κ1) is 12.6. The Morgan fingerprint density at radius 1 is 1.33 bits per heavy atom. The van der Waals surface area contributed by atoms with Crippen LogP contribution in [0, 0.1) is 29.6 Å². The smallest absolute Gasteiger partial charge is 0.0118 e. The van der Waals surface area contributed by atoms with Crippen molar-refractivity contribution in [3.8, 4) is 12.3 Å². The third-order valence-electron chi connectivity index (χ3n) is 3.88. The van der Waals surface area contributed by atoms with Gasteiger partial charge in [0.15, 0.2) is 0 Å². The van der Waals surface area contributed by atoms with Crippen molar-refractivity contribution < 1.29 is 0 Å². The largest absolute Gasteiger partial charge is 0.317 e. The second kappa shape index (κ2) is 5.03. The lowest BCUT2D eigenvalue weighted by atomic mass is 9.64. The number of nitrogens with one attached hydrogen (secondary N) is 1.